The minimum absolute atomic E-state index is 0.0627. The second-order valence-electron chi connectivity index (χ2n) is 5.26. The molecule has 5 heteroatoms. The second-order valence-corrected chi connectivity index (χ2v) is 5.26. The van der Waals surface area contributed by atoms with Crippen LogP contribution in [0.3, 0.4) is 0 Å². The van der Waals surface area contributed by atoms with Crippen LogP contribution in [0, 0.1) is 5.92 Å². The number of para-hydroxylation sites is 1. The second kappa shape index (κ2) is 9.00. The molecule has 1 amide bonds. The van der Waals surface area contributed by atoms with Gasteiger partial charge in [-0.05, 0) is 37.3 Å². The lowest BCUT2D eigenvalue weighted by Gasteiger charge is -2.12. The summed E-state index contributed by atoms with van der Waals surface area (Å²) in [6.07, 6.45) is 1.21. The molecule has 0 aliphatic heterocycles. The van der Waals surface area contributed by atoms with E-state index in [4.69, 9.17) is 4.74 Å². The van der Waals surface area contributed by atoms with Crippen LogP contribution in [0.5, 0.6) is 5.75 Å². The first-order valence-corrected chi connectivity index (χ1v) is 7.20. The van der Waals surface area contributed by atoms with E-state index in [1.807, 2.05) is 6.07 Å². The van der Waals surface area contributed by atoms with E-state index in [2.05, 4.69) is 19.2 Å². The van der Waals surface area contributed by atoms with Crippen molar-refractivity contribution < 1.29 is 19.4 Å². The number of rotatable bonds is 9. The highest BCUT2D eigenvalue weighted by Gasteiger charge is 2.11. The van der Waals surface area contributed by atoms with Gasteiger partial charge in [0.05, 0.1) is 12.2 Å². The fourth-order valence-corrected chi connectivity index (χ4v) is 1.71. The normalized spacial score (nSPS) is 10.4. The smallest absolute Gasteiger partial charge is 0.255 e. The zero-order chi connectivity index (χ0) is 15.7. The molecule has 0 saturated heterocycles. The number of hydrogen-bond acceptors (Lipinski definition) is 4. The largest absolute Gasteiger partial charge is 0.550 e. The summed E-state index contributed by atoms with van der Waals surface area (Å²) in [7, 11) is 0. The zero-order valence-electron chi connectivity index (χ0n) is 12.6. The van der Waals surface area contributed by atoms with Crippen molar-refractivity contribution in [3.05, 3.63) is 29.8 Å². The van der Waals surface area contributed by atoms with Gasteiger partial charge >= 0.3 is 0 Å². The Labute approximate surface area is 125 Å². The molecule has 1 rings (SSSR count). The fourth-order valence-electron chi connectivity index (χ4n) is 1.71. The molecule has 1 aromatic carbocycles. The molecule has 1 N–H and O–H groups in total. The lowest BCUT2D eigenvalue weighted by Crippen LogP contribution is -2.27. The van der Waals surface area contributed by atoms with Gasteiger partial charge in [-0.15, -0.1) is 0 Å². The van der Waals surface area contributed by atoms with Gasteiger partial charge in [0.25, 0.3) is 5.91 Å². The molecule has 1 aromatic rings. The molecule has 116 valence electrons. The summed E-state index contributed by atoms with van der Waals surface area (Å²) in [5.41, 5.74) is 0.467. The van der Waals surface area contributed by atoms with Crippen LogP contribution in [0.25, 0.3) is 0 Å². The summed E-state index contributed by atoms with van der Waals surface area (Å²) in [6, 6.07) is 7.04. The van der Waals surface area contributed by atoms with Crippen LogP contribution in [-0.2, 0) is 4.79 Å². The van der Waals surface area contributed by atoms with Crippen molar-refractivity contribution in [1.82, 2.24) is 5.32 Å². The topological polar surface area (TPSA) is 78.5 Å². The lowest BCUT2D eigenvalue weighted by atomic mass is 10.1. The van der Waals surface area contributed by atoms with E-state index in [1.165, 1.54) is 0 Å². The van der Waals surface area contributed by atoms with E-state index >= 15 is 0 Å². The Bertz CT molecular complexity index is 471. The highest BCUT2D eigenvalue weighted by atomic mass is 16.5. The van der Waals surface area contributed by atoms with Crippen molar-refractivity contribution in [3.8, 4) is 5.75 Å². The molecule has 0 fully saturated rings. The number of carbonyl (C=O) groups excluding carboxylic acids is 2. The number of carboxylic acid groups (broad SMARTS) is 1. The maximum Gasteiger partial charge on any atom is 0.255 e. The highest BCUT2D eigenvalue weighted by Crippen LogP contribution is 2.18. The number of benzene rings is 1. The number of hydrogen-bond donors (Lipinski definition) is 1. The Morgan fingerprint density at radius 1 is 1.29 bits per heavy atom. The third-order valence-electron chi connectivity index (χ3n) is 2.93. The molecular weight excluding hydrogens is 270 g/mol. The maximum absolute atomic E-state index is 12.1. The molecule has 5 nitrogen and oxygen atoms in total. The molecule has 0 unspecified atom stereocenters. The zero-order valence-corrected chi connectivity index (χ0v) is 12.6. The molecule has 0 saturated carbocycles. The van der Waals surface area contributed by atoms with Crippen LogP contribution in [0.2, 0.25) is 0 Å². The van der Waals surface area contributed by atoms with Crippen molar-refractivity contribution in [2.45, 2.75) is 33.1 Å². The van der Waals surface area contributed by atoms with Crippen LogP contribution < -0.4 is 15.2 Å². The standard InChI is InChI=1S/C16H23NO4/c1-12(2)9-11-21-14-7-4-3-6-13(14)16(20)17-10-5-8-15(18)19/h3-4,6-7,12H,5,8-11H2,1-2H3,(H,17,20)(H,18,19)/p-1. The monoisotopic (exact) mass is 292 g/mol. The van der Waals surface area contributed by atoms with E-state index in [0.29, 0.717) is 36.8 Å². The van der Waals surface area contributed by atoms with Crippen LogP contribution >= 0.6 is 0 Å². The molecule has 0 spiro atoms. The van der Waals surface area contributed by atoms with Crippen molar-refractivity contribution in [2.24, 2.45) is 5.92 Å². The number of aliphatic carboxylic acids is 1. The summed E-state index contributed by atoms with van der Waals surface area (Å²) in [5.74, 6) is -0.277. The molecule has 0 heterocycles. The van der Waals surface area contributed by atoms with Crippen molar-refractivity contribution in [2.75, 3.05) is 13.2 Å². The number of carboxylic acids is 1. The number of carbonyl (C=O) groups is 2. The summed E-state index contributed by atoms with van der Waals surface area (Å²) in [6.45, 7) is 5.08. The predicted molar refractivity (Wildman–Crippen MR) is 78.0 cm³/mol. The molecule has 0 atom stereocenters. The molecule has 0 radical (unpaired) electrons. The van der Waals surface area contributed by atoms with Gasteiger partial charge in [-0.25, -0.2) is 0 Å². The Morgan fingerprint density at radius 3 is 2.67 bits per heavy atom. The molecule has 21 heavy (non-hydrogen) atoms. The van der Waals surface area contributed by atoms with E-state index in [0.717, 1.165) is 6.42 Å². The van der Waals surface area contributed by atoms with Gasteiger partial charge in [-0.1, -0.05) is 26.0 Å². The van der Waals surface area contributed by atoms with E-state index in [1.54, 1.807) is 18.2 Å². The summed E-state index contributed by atoms with van der Waals surface area (Å²) >= 11 is 0. The average Bonchev–Trinajstić information content (AvgIpc) is 2.43. The van der Waals surface area contributed by atoms with Crippen molar-refractivity contribution in [3.63, 3.8) is 0 Å². The lowest BCUT2D eigenvalue weighted by molar-refractivity contribution is -0.305. The van der Waals surface area contributed by atoms with Crippen molar-refractivity contribution >= 4 is 11.9 Å². The van der Waals surface area contributed by atoms with E-state index < -0.39 is 5.97 Å². The van der Waals surface area contributed by atoms with Crippen molar-refractivity contribution in [1.29, 1.82) is 0 Å². The fraction of sp³-hybridized carbons (Fsp3) is 0.500. The number of amides is 1. The van der Waals surface area contributed by atoms with Gasteiger partial charge in [-0.3, -0.25) is 4.79 Å². The van der Waals surface area contributed by atoms with Crippen LogP contribution in [0.1, 0.15) is 43.5 Å². The Balaban J connectivity index is 2.52. The SMILES string of the molecule is CC(C)CCOc1ccccc1C(=O)NCCCC(=O)[O-]. The van der Waals surface area contributed by atoms with Crippen LogP contribution in [-0.4, -0.2) is 25.0 Å². The van der Waals surface area contributed by atoms with Gasteiger partial charge in [0, 0.05) is 12.5 Å². The molecule has 0 aliphatic carbocycles. The van der Waals surface area contributed by atoms with Gasteiger partial charge < -0.3 is 20.0 Å². The van der Waals surface area contributed by atoms with E-state index in [9.17, 15) is 14.7 Å². The summed E-state index contributed by atoms with van der Waals surface area (Å²) < 4.78 is 5.65. The molecule has 0 bridgehead atoms. The van der Waals surface area contributed by atoms with Gasteiger partial charge in [0.15, 0.2) is 0 Å². The summed E-state index contributed by atoms with van der Waals surface area (Å²) in [5, 5.41) is 13.0. The highest BCUT2D eigenvalue weighted by molar-refractivity contribution is 5.96. The van der Waals surface area contributed by atoms with Gasteiger partial charge in [0.1, 0.15) is 5.75 Å². The summed E-state index contributed by atoms with van der Waals surface area (Å²) in [4.78, 5) is 22.4. The predicted octanol–water partition coefficient (Wildman–Crippen LogP) is 1.37. The molecule has 0 aliphatic rings. The van der Waals surface area contributed by atoms with Gasteiger partial charge in [-0.2, -0.15) is 0 Å². The third-order valence-corrected chi connectivity index (χ3v) is 2.93. The Morgan fingerprint density at radius 2 is 2.00 bits per heavy atom. The third kappa shape index (κ3) is 6.79. The quantitative estimate of drug-likeness (QED) is 0.697. The first kappa shape index (κ1) is 17.0. The number of nitrogens with one attached hydrogen (secondary N) is 1. The number of ether oxygens (including phenoxy) is 1. The van der Waals surface area contributed by atoms with Crippen LogP contribution in [0.4, 0.5) is 0 Å². The first-order valence-electron chi connectivity index (χ1n) is 7.20. The first-order chi connectivity index (χ1) is 10.0. The van der Waals surface area contributed by atoms with Gasteiger partial charge in [0.2, 0.25) is 0 Å². The molecule has 0 aromatic heterocycles. The Hall–Kier alpha value is -2.04. The van der Waals surface area contributed by atoms with E-state index in [-0.39, 0.29) is 12.3 Å². The average molecular weight is 292 g/mol. The van der Waals surface area contributed by atoms with Crippen LogP contribution in [0.15, 0.2) is 24.3 Å². The molecular formula is C16H22NO4-. The Kier molecular flexibility index (Phi) is 7.29. The maximum atomic E-state index is 12.1. The minimum atomic E-state index is -1.11. The minimum Gasteiger partial charge on any atom is -0.550 e.